The third-order valence-corrected chi connectivity index (χ3v) is 4.15. The van der Waals surface area contributed by atoms with Gasteiger partial charge in [-0.1, -0.05) is 42.3 Å². The van der Waals surface area contributed by atoms with Crippen molar-refractivity contribution in [3.05, 3.63) is 58.3 Å². The van der Waals surface area contributed by atoms with Crippen molar-refractivity contribution >= 4 is 17.1 Å². The maximum atomic E-state index is 13.0. The molecule has 0 spiro atoms. The Morgan fingerprint density at radius 1 is 1.13 bits per heavy atom. The molecule has 0 bridgehead atoms. The van der Waals surface area contributed by atoms with Crippen LogP contribution in [0.5, 0.6) is 0 Å². The van der Waals surface area contributed by atoms with Gasteiger partial charge in [0.1, 0.15) is 5.92 Å². The normalized spacial score (nSPS) is 12.3. The Hall–Kier alpha value is -2.06. The summed E-state index contributed by atoms with van der Waals surface area (Å²) in [4.78, 5) is 12.2. The lowest BCUT2D eigenvalue weighted by Crippen LogP contribution is -2.24. The Bertz CT molecular complexity index is 679. The van der Waals surface area contributed by atoms with Crippen molar-refractivity contribution in [3.8, 4) is 11.8 Å². The summed E-state index contributed by atoms with van der Waals surface area (Å²) in [6.07, 6.45) is -4.18. The fraction of sp³-hybridized carbons (Fsp3) is 0.278. The average Bonchev–Trinajstić information content (AvgIpc) is 3.04. The summed E-state index contributed by atoms with van der Waals surface area (Å²) in [5, 5.41) is 1.67. The van der Waals surface area contributed by atoms with Crippen LogP contribution in [0, 0.1) is 17.8 Å². The molecule has 0 fully saturated rings. The highest BCUT2D eigenvalue weighted by Crippen LogP contribution is 2.30. The Morgan fingerprint density at radius 3 is 2.48 bits per heavy atom. The van der Waals surface area contributed by atoms with Crippen molar-refractivity contribution in [1.29, 1.82) is 0 Å². The summed E-state index contributed by atoms with van der Waals surface area (Å²) >= 11 is 1.14. The number of alkyl halides is 3. The molecule has 0 saturated carbocycles. The molecule has 0 aliphatic heterocycles. The van der Waals surface area contributed by atoms with Crippen LogP contribution in [0.25, 0.3) is 0 Å². The van der Waals surface area contributed by atoms with Crippen molar-refractivity contribution in [2.75, 3.05) is 0 Å². The standard InChI is InChI=1S/C18H15F3OS/c19-18(20,21)15(13-16(22)17-11-6-12-23-17)10-5-4-9-14-7-2-1-3-8-14/h1-3,6-8,11-12,15H,4,9,13H2/t15-/m1/s1. The number of halogens is 3. The largest absolute Gasteiger partial charge is 0.402 e. The molecule has 0 aliphatic rings. The smallest absolute Gasteiger partial charge is 0.293 e. The summed E-state index contributed by atoms with van der Waals surface area (Å²) < 4.78 is 39.1. The molecule has 0 radical (unpaired) electrons. The van der Waals surface area contributed by atoms with Gasteiger partial charge < -0.3 is 0 Å². The first-order valence-electron chi connectivity index (χ1n) is 7.12. The second-order valence-electron chi connectivity index (χ2n) is 5.01. The minimum Gasteiger partial charge on any atom is -0.293 e. The van der Waals surface area contributed by atoms with Crippen LogP contribution in [0.1, 0.15) is 28.1 Å². The van der Waals surface area contributed by atoms with Crippen LogP contribution in [-0.2, 0) is 6.42 Å². The zero-order valence-electron chi connectivity index (χ0n) is 12.3. The van der Waals surface area contributed by atoms with Gasteiger partial charge in [-0.25, -0.2) is 0 Å². The first kappa shape index (κ1) is 17.3. The highest BCUT2D eigenvalue weighted by molar-refractivity contribution is 7.12. The average molecular weight is 336 g/mol. The molecule has 2 aromatic rings. The maximum Gasteiger partial charge on any atom is 0.402 e. The van der Waals surface area contributed by atoms with Crippen molar-refractivity contribution < 1.29 is 18.0 Å². The number of ketones is 1. The number of aryl methyl sites for hydroxylation is 1. The number of benzene rings is 1. The molecule has 120 valence electrons. The Balaban J connectivity index is 1.97. The first-order valence-corrected chi connectivity index (χ1v) is 8.00. The zero-order chi connectivity index (χ0) is 16.7. The SMILES string of the molecule is O=C(C[C@@H](C#CCCc1ccccc1)C(F)(F)F)c1cccs1. The van der Waals surface area contributed by atoms with Crippen molar-refractivity contribution in [2.45, 2.75) is 25.4 Å². The number of Topliss-reactive ketones (excluding diaryl/α,β-unsaturated/α-hetero) is 1. The van der Waals surface area contributed by atoms with Crippen LogP contribution >= 0.6 is 11.3 Å². The van der Waals surface area contributed by atoms with Gasteiger partial charge >= 0.3 is 6.18 Å². The monoisotopic (exact) mass is 336 g/mol. The lowest BCUT2D eigenvalue weighted by Gasteiger charge is -2.13. The van der Waals surface area contributed by atoms with Crippen LogP contribution in [0.3, 0.4) is 0 Å². The number of carbonyl (C=O) groups is 1. The van der Waals surface area contributed by atoms with E-state index >= 15 is 0 Å². The van der Waals surface area contributed by atoms with E-state index in [1.165, 1.54) is 6.07 Å². The Labute approximate surface area is 137 Å². The molecule has 1 aromatic heterocycles. The molecule has 1 atom stereocenters. The predicted octanol–water partition coefficient (Wildman–Crippen LogP) is 5.14. The number of hydrogen-bond acceptors (Lipinski definition) is 2. The van der Waals surface area contributed by atoms with Crippen molar-refractivity contribution in [1.82, 2.24) is 0 Å². The molecule has 0 amide bonds. The minimum absolute atomic E-state index is 0.337. The van der Waals surface area contributed by atoms with E-state index in [4.69, 9.17) is 0 Å². The van der Waals surface area contributed by atoms with Crippen LogP contribution < -0.4 is 0 Å². The summed E-state index contributed by atoms with van der Waals surface area (Å²) in [5.74, 6) is 2.38. The molecule has 5 heteroatoms. The van der Waals surface area contributed by atoms with Gasteiger partial charge in [-0.15, -0.1) is 17.3 Å². The second kappa shape index (κ2) is 7.98. The third kappa shape index (κ3) is 5.57. The number of thiophene rings is 1. The molecule has 1 heterocycles. The summed E-state index contributed by atoms with van der Waals surface area (Å²) in [5.41, 5.74) is 1.03. The van der Waals surface area contributed by atoms with Crippen LogP contribution in [0.4, 0.5) is 13.2 Å². The van der Waals surface area contributed by atoms with Crippen LogP contribution in [0.15, 0.2) is 47.8 Å². The highest BCUT2D eigenvalue weighted by atomic mass is 32.1. The molecule has 0 aliphatic carbocycles. The van der Waals surface area contributed by atoms with E-state index < -0.39 is 24.3 Å². The summed E-state index contributed by atoms with van der Waals surface area (Å²) in [6, 6.07) is 12.6. The van der Waals surface area contributed by atoms with Gasteiger partial charge in [-0.3, -0.25) is 4.79 Å². The van der Waals surface area contributed by atoms with E-state index in [9.17, 15) is 18.0 Å². The van der Waals surface area contributed by atoms with Gasteiger partial charge in [0, 0.05) is 12.8 Å². The lowest BCUT2D eigenvalue weighted by molar-refractivity contribution is -0.157. The predicted molar refractivity (Wildman–Crippen MR) is 85.4 cm³/mol. The summed E-state index contributed by atoms with van der Waals surface area (Å²) in [7, 11) is 0. The Morgan fingerprint density at radius 2 is 1.87 bits per heavy atom. The lowest BCUT2D eigenvalue weighted by atomic mass is 10.0. The Kier molecular flexibility index (Phi) is 6.00. The highest BCUT2D eigenvalue weighted by Gasteiger charge is 2.39. The zero-order valence-corrected chi connectivity index (χ0v) is 13.1. The molecule has 1 nitrogen and oxygen atoms in total. The topological polar surface area (TPSA) is 17.1 Å². The second-order valence-corrected chi connectivity index (χ2v) is 5.95. The van der Waals surface area contributed by atoms with Gasteiger partial charge in [0.25, 0.3) is 0 Å². The van der Waals surface area contributed by atoms with Gasteiger partial charge in [0.2, 0.25) is 0 Å². The number of hydrogen-bond donors (Lipinski definition) is 0. The van der Waals surface area contributed by atoms with E-state index in [1.807, 2.05) is 30.3 Å². The molecule has 23 heavy (non-hydrogen) atoms. The molecule has 2 rings (SSSR count). The molecule has 0 saturated heterocycles. The van der Waals surface area contributed by atoms with Crippen LogP contribution in [0.2, 0.25) is 0 Å². The van der Waals surface area contributed by atoms with E-state index in [1.54, 1.807) is 11.4 Å². The van der Waals surface area contributed by atoms with Crippen molar-refractivity contribution in [2.24, 2.45) is 5.92 Å². The summed E-state index contributed by atoms with van der Waals surface area (Å²) in [6.45, 7) is 0. The fourth-order valence-corrected chi connectivity index (χ4v) is 2.69. The van der Waals surface area contributed by atoms with E-state index in [0.717, 1.165) is 16.9 Å². The molecule has 0 N–H and O–H groups in total. The van der Waals surface area contributed by atoms with E-state index in [2.05, 4.69) is 11.8 Å². The van der Waals surface area contributed by atoms with E-state index in [-0.39, 0.29) is 0 Å². The molecule has 0 unspecified atom stereocenters. The number of rotatable bonds is 5. The van der Waals surface area contributed by atoms with Gasteiger partial charge in [-0.05, 0) is 23.4 Å². The molecule has 1 aromatic carbocycles. The van der Waals surface area contributed by atoms with Gasteiger partial charge in [0.15, 0.2) is 5.78 Å². The van der Waals surface area contributed by atoms with Crippen molar-refractivity contribution in [3.63, 3.8) is 0 Å². The maximum absolute atomic E-state index is 13.0. The first-order chi connectivity index (χ1) is 11.0. The van der Waals surface area contributed by atoms with E-state index in [0.29, 0.717) is 17.7 Å². The molecular weight excluding hydrogens is 321 g/mol. The van der Waals surface area contributed by atoms with Gasteiger partial charge in [0.05, 0.1) is 4.88 Å². The quantitative estimate of drug-likeness (QED) is 0.546. The van der Waals surface area contributed by atoms with Crippen LogP contribution in [-0.4, -0.2) is 12.0 Å². The minimum atomic E-state index is -4.49. The molecular formula is C18H15F3OS. The van der Waals surface area contributed by atoms with Gasteiger partial charge in [-0.2, -0.15) is 13.2 Å². The third-order valence-electron chi connectivity index (χ3n) is 3.24. The fourth-order valence-electron chi connectivity index (χ4n) is 2.02. The number of carbonyl (C=O) groups excluding carboxylic acids is 1.